The largest absolute Gasteiger partial charge is 0.309 e. The average Bonchev–Trinajstić information content (AvgIpc) is 2.30. The van der Waals surface area contributed by atoms with Crippen molar-refractivity contribution in [3.8, 4) is 56.5 Å². The summed E-state index contributed by atoms with van der Waals surface area (Å²) in [5.41, 5.74) is 19.1. The molecule has 0 unspecified atom stereocenters. The Morgan fingerprint density at radius 1 is 0.202 bits per heavy atom. The fourth-order valence-electron chi connectivity index (χ4n) is 13.7. The fourth-order valence-corrected chi connectivity index (χ4v) is 13.7. The monoisotopic (exact) mass is 1070 g/mol. The number of benzene rings is 13. The van der Waals surface area contributed by atoms with Crippen molar-refractivity contribution >= 4 is 109 Å². The van der Waals surface area contributed by atoms with Crippen molar-refractivity contribution < 1.29 is 0 Å². The third-order valence-electron chi connectivity index (χ3n) is 17.6. The van der Waals surface area contributed by atoms with E-state index >= 15 is 0 Å². The molecule has 6 nitrogen and oxygen atoms in total. The van der Waals surface area contributed by atoms with E-state index in [4.69, 9.17) is 9.97 Å². The molecule has 18 rings (SSSR count). The summed E-state index contributed by atoms with van der Waals surface area (Å²) in [6, 6.07) is 106. The summed E-state index contributed by atoms with van der Waals surface area (Å²) in [5, 5.41) is 12.9. The molecule has 5 heterocycles. The Labute approximate surface area is 482 Å². The molecule has 6 heteroatoms. The van der Waals surface area contributed by atoms with Gasteiger partial charge in [-0.15, -0.1) is 0 Å². The van der Waals surface area contributed by atoms with Gasteiger partial charge in [-0.3, -0.25) is 4.57 Å². The zero-order valence-corrected chi connectivity index (χ0v) is 45.4. The second-order valence-electron chi connectivity index (χ2n) is 22.1. The van der Waals surface area contributed by atoms with Crippen LogP contribution in [0.15, 0.2) is 291 Å². The third-order valence-corrected chi connectivity index (χ3v) is 17.6. The summed E-state index contributed by atoms with van der Waals surface area (Å²) in [7, 11) is 0. The van der Waals surface area contributed by atoms with Crippen LogP contribution in [0.5, 0.6) is 0 Å². The van der Waals surface area contributed by atoms with Crippen LogP contribution in [0, 0.1) is 0 Å². The molecule has 0 bridgehead atoms. The topological polar surface area (TPSA) is 45.5 Å². The quantitative estimate of drug-likeness (QED) is 0.149. The first-order valence-corrected chi connectivity index (χ1v) is 28.7. The van der Waals surface area contributed by atoms with Crippen LogP contribution >= 0.6 is 0 Å². The lowest BCUT2D eigenvalue weighted by molar-refractivity contribution is 1.08. The van der Waals surface area contributed by atoms with E-state index in [1.807, 2.05) is 0 Å². The maximum absolute atomic E-state index is 5.63. The summed E-state index contributed by atoms with van der Waals surface area (Å²) in [5.74, 6) is 1.51. The van der Waals surface area contributed by atoms with Gasteiger partial charge >= 0.3 is 0 Å². The van der Waals surface area contributed by atoms with Gasteiger partial charge in [0.15, 0.2) is 5.82 Å². The third kappa shape index (κ3) is 6.92. The Hall–Kier alpha value is -11.3. The Morgan fingerprint density at radius 3 is 1.10 bits per heavy atom. The van der Waals surface area contributed by atoms with Crippen LogP contribution < -0.4 is 0 Å². The molecule has 0 aliphatic rings. The first-order chi connectivity index (χ1) is 41.7. The molecule has 0 amide bonds. The lowest BCUT2D eigenvalue weighted by Crippen LogP contribution is -2.03. The van der Waals surface area contributed by atoms with Crippen LogP contribution in [0.3, 0.4) is 0 Å². The highest BCUT2D eigenvalue weighted by atomic mass is 15.1. The van der Waals surface area contributed by atoms with E-state index in [1.54, 1.807) is 0 Å². The van der Waals surface area contributed by atoms with Crippen LogP contribution in [0.4, 0.5) is 0 Å². The molecule has 390 valence electrons. The number of nitrogens with zero attached hydrogens (tertiary/aromatic N) is 6. The van der Waals surface area contributed by atoms with E-state index in [-0.39, 0.29) is 0 Å². The Kier molecular flexibility index (Phi) is 9.99. The molecule has 0 spiro atoms. The predicted octanol–water partition coefficient (Wildman–Crippen LogP) is 20.2. The minimum Gasteiger partial charge on any atom is -0.309 e. The van der Waals surface area contributed by atoms with Gasteiger partial charge in [-0.1, -0.05) is 170 Å². The maximum Gasteiger partial charge on any atom is 0.162 e. The van der Waals surface area contributed by atoms with Gasteiger partial charge in [-0.05, 0) is 149 Å². The van der Waals surface area contributed by atoms with Crippen LogP contribution in [-0.2, 0) is 0 Å². The van der Waals surface area contributed by atoms with Gasteiger partial charge in [0.25, 0.3) is 0 Å². The molecule has 0 aliphatic carbocycles. The minimum absolute atomic E-state index is 0.666. The van der Waals surface area contributed by atoms with Gasteiger partial charge < -0.3 is 13.7 Å². The van der Waals surface area contributed by atoms with Crippen LogP contribution in [0.2, 0.25) is 0 Å². The number of para-hydroxylation sites is 6. The Morgan fingerprint density at radius 2 is 0.560 bits per heavy atom. The van der Waals surface area contributed by atoms with E-state index in [0.29, 0.717) is 5.82 Å². The van der Waals surface area contributed by atoms with Crippen molar-refractivity contribution in [2.75, 3.05) is 0 Å². The zero-order valence-electron chi connectivity index (χ0n) is 45.4. The van der Waals surface area contributed by atoms with Gasteiger partial charge in [0, 0.05) is 76.5 Å². The van der Waals surface area contributed by atoms with Gasteiger partial charge in [-0.25, -0.2) is 9.97 Å². The van der Waals surface area contributed by atoms with E-state index in [9.17, 15) is 0 Å². The first kappa shape index (κ1) is 46.4. The summed E-state index contributed by atoms with van der Waals surface area (Å²) in [6.45, 7) is 0. The molecule has 0 aliphatic heterocycles. The van der Waals surface area contributed by atoms with Crippen molar-refractivity contribution in [1.82, 2.24) is 28.2 Å². The van der Waals surface area contributed by atoms with Crippen LogP contribution in [-0.4, -0.2) is 28.2 Å². The van der Waals surface area contributed by atoms with Crippen molar-refractivity contribution in [2.24, 2.45) is 0 Å². The van der Waals surface area contributed by atoms with Gasteiger partial charge in [0.05, 0.1) is 49.7 Å². The molecule has 0 fully saturated rings. The van der Waals surface area contributed by atoms with E-state index in [0.717, 1.165) is 83.3 Å². The predicted molar refractivity (Wildman–Crippen MR) is 351 cm³/mol. The highest BCUT2D eigenvalue weighted by Crippen LogP contribution is 2.42. The maximum atomic E-state index is 5.63. The first-order valence-electron chi connectivity index (χ1n) is 28.7. The SMILES string of the molecule is c1ccc(-n2c3ccccc3c3cc(-c4ccc5c(c4)c4ccccc4n5-c4nc(-c5ccc(-n6c7ccccc7c7ccc(-c8ccc9c(c8)c8ccccc8n9-c8ccccc8)cc76)cc5)nc5c4ccc4ccccc45)ccc32)cc1. The molecule has 13 aromatic carbocycles. The van der Waals surface area contributed by atoms with E-state index in [1.165, 1.54) is 76.3 Å². The Balaban J connectivity index is 0.771. The lowest BCUT2D eigenvalue weighted by atomic mass is 10.0. The van der Waals surface area contributed by atoms with E-state index in [2.05, 4.69) is 309 Å². The zero-order chi connectivity index (χ0) is 55.0. The lowest BCUT2D eigenvalue weighted by Gasteiger charge is -2.15. The molecule has 0 radical (unpaired) electrons. The molecule has 0 saturated carbocycles. The molecule has 0 atom stereocenters. The van der Waals surface area contributed by atoms with Crippen molar-refractivity contribution in [1.29, 1.82) is 0 Å². The molecule has 0 saturated heterocycles. The van der Waals surface area contributed by atoms with Crippen molar-refractivity contribution in [3.63, 3.8) is 0 Å². The van der Waals surface area contributed by atoms with E-state index < -0.39 is 0 Å². The van der Waals surface area contributed by atoms with Crippen molar-refractivity contribution in [3.05, 3.63) is 291 Å². The molecular formula is C78H48N6. The van der Waals surface area contributed by atoms with Crippen molar-refractivity contribution in [2.45, 2.75) is 0 Å². The van der Waals surface area contributed by atoms with Crippen LogP contribution in [0.1, 0.15) is 0 Å². The molecule has 5 aromatic heterocycles. The van der Waals surface area contributed by atoms with Gasteiger partial charge in [0.2, 0.25) is 0 Å². The fraction of sp³-hybridized carbons (Fsp3) is 0. The van der Waals surface area contributed by atoms with Crippen LogP contribution in [0.25, 0.3) is 165 Å². The van der Waals surface area contributed by atoms with Gasteiger partial charge in [0.1, 0.15) is 5.82 Å². The minimum atomic E-state index is 0.666. The second-order valence-corrected chi connectivity index (χ2v) is 22.1. The number of hydrogen-bond acceptors (Lipinski definition) is 2. The number of hydrogen-bond donors (Lipinski definition) is 0. The molecule has 84 heavy (non-hydrogen) atoms. The highest BCUT2D eigenvalue weighted by molar-refractivity contribution is 6.16. The highest BCUT2D eigenvalue weighted by Gasteiger charge is 2.22. The summed E-state index contributed by atoms with van der Waals surface area (Å²) < 4.78 is 9.51. The number of aromatic nitrogens is 6. The summed E-state index contributed by atoms with van der Waals surface area (Å²) >= 11 is 0. The molecule has 0 N–H and O–H groups in total. The summed E-state index contributed by atoms with van der Waals surface area (Å²) in [6.07, 6.45) is 0. The number of fused-ring (bicyclic) bond motifs is 15. The second kappa shape index (κ2) is 18.1. The number of rotatable bonds is 7. The summed E-state index contributed by atoms with van der Waals surface area (Å²) in [4.78, 5) is 11.1. The standard InChI is InChI=1S/C78H48N6/c1-3-18-55(19-4-1)81-69-28-14-10-24-60(69)65-45-51(35-42-72(65)81)52-37-44-74-67(46-52)62-26-12-16-30-71(62)84(74)78-64-41-33-49-17-7-8-22-58(49)76(64)79-77(80-78)50-31-38-57(39-32-50)83-68-27-13-9-23-59(68)63-40-34-54(48-75(63)83)53-36-43-73-66(47-53)61-25-11-15-29-70(61)82(73)56-20-5-2-6-21-56/h1-48H. The van der Waals surface area contributed by atoms with Gasteiger partial charge in [-0.2, -0.15) is 0 Å². The Bertz CT molecular complexity index is 5720. The normalized spacial score (nSPS) is 12.0. The molecule has 18 aromatic rings. The molecular weight excluding hydrogens is 1020 g/mol. The smallest absolute Gasteiger partial charge is 0.162 e. The average molecular weight is 1070 g/mol.